The Morgan fingerprint density at radius 2 is 1.85 bits per heavy atom. The standard InChI is InChI=1S/C9H7ClF2O/c10-6-4-8(11)7(2-1-3-13)9(12)5-6/h1-2,4-5,13H,3H2. The summed E-state index contributed by atoms with van der Waals surface area (Å²) in [5.74, 6) is -1.48. The van der Waals surface area contributed by atoms with Crippen LogP contribution in [0.15, 0.2) is 18.2 Å². The van der Waals surface area contributed by atoms with Crippen LogP contribution < -0.4 is 0 Å². The first-order valence-corrected chi connectivity index (χ1v) is 3.95. The molecule has 13 heavy (non-hydrogen) atoms. The molecule has 1 aromatic rings. The highest BCUT2D eigenvalue weighted by molar-refractivity contribution is 6.30. The number of halogens is 3. The second-order valence-corrected chi connectivity index (χ2v) is 2.80. The van der Waals surface area contributed by atoms with Crippen molar-refractivity contribution < 1.29 is 13.9 Å². The fourth-order valence-corrected chi connectivity index (χ4v) is 1.07. The van der Waals surface area contributed by atoms with Gasteiger partial charge in [0.05, 0.1) is 6.61 Å². The summed E-state index contributed by atoms with van der Waals surface area (Å²) in [6, 6.07) is 2.03. The average Bonchev–Trinajstić information content (AvgIpc) is 2.02. The predicted octanol–water partition coefficient (Wildman–Crippen LogP) is 2.62. The van der Waals surface area contributed by atoms with Gasteiger partial charge in [-0.05, 0) is 12.1 Å². The van der Waals surface area contributed by atoms with Gasteiger partial charge in [-0.15, -0.1) is 0 Å². The van der Waals surface area contributed by atoms with Gasteiger partial charge in [-0.25, -0.2) is 8.78 Å². The summed E-state index contributed by atoms with van der Waals surface area (Å²) in [6.07, 6.45) is 2.41. The van der Waals surface area contributed by atoms with E-state index in [2.05, 4.69) is 0 Å². The van der Waals surface area contributed by atoms with Crippen molar-refractivity contribution in [3.8, 4) is 0 Å². The fourth-order valence-electron chi connectivity index (χ4n) is 0.883. The normalized spacial score (nSPS) is 11.1. The zero-order valence-corrected chi connectivity index (χ0v) is 7.35. The van der Waals surface area contributed by atoms with Gasteiger partial charge in [-0.2, -0.15) is 0 Å². The smallest absolute Gasteiger partial charge is 0.134 e. The summed E-state index contributed by atoms with van der Waals surface area (Å²) >= 11 is 5.40. The van der Waals surface area contributed by atoms with E-state index in [1.807, 2.05) is 0 Å². The van der Waals surface area contributed by atoms with Gasteiger partial charge >= 0.3 is 0 Å². The lowest BCUT2D eigenvalue weighted by Gasteiger charge is -1.99. The van der Waals surface area contributed by atoms with Crippen molar-refractivity contribution in [2.45, 2.75) is 0 Å². The Morgan fingerprint density at radius 3 is 2.31 bits per heavy atom. The Balaban J connectivity index is 3.13. The number of aliphatic hydroxyl groups excluding tert-OH is 1. The molecule has 0 aliphatic heterocycles. The van der Waals surface area contributed by atoms with E-state index >= 15 is 0 Å². The molecular formula is C9H7ClF2O. The fraction of sp³-hybridized carbons (Fsp3) is 0.111. The Morgan fingerprint density at radius 1 is 1.31 bits per heavy atom. The summed E-state index contributed by atoms with van der Waals surface area (Å²) in [7, 11) is 0. The van der Waals surface area contributed by atoms with Gasteiger partial charge in [-0.1, -0.05) is 23.8 Å². The third kappa shape index (κ3) is 2.50. The molecule has 0 saturated heterocycles. The summed E-state index contributed by atoms with van der Waals surface area (Å²) in [6.45, 7) is -0.262. The van der Waals surface area contributed by atoms with Crippen LogP contribution in [0.5, 0.6) is 0 Å². The summed E-state index contributed by atoms with van der Waals surface area (Å²) in [5, 5.41) is 8.42. The molecule has 0 saturated carbocycles. The minimum absolute atomic E-state index is 0.0103. The summed E-state index contributed by atoms with van der Waals surface area (Å²) in [4.78, 5) is 0. The third-order valence-electron chi connectivity index (χ3n) is 1.43. The highest BCUT2D eigenvalue weighted by Crippen LogP contribution is 2.19. The van der Waals surface area contributed by atoms with Crippen molar-refractivity contribution in [3.63, 3.8) is 0 Å². The van der Waals surface area contributed by atoms with Gasteiger partial charge in [0.15, 0.2) is 0 Å². The molecule has 0 aliphatic carbocycles. The van der Waals surface area contributed by atoms with E-state index in [4.69, 9.17) is 16.7 Å². The van der Waals surface area contributed by atoms with Crippen LogP contribution in [0.2, 0.25) is 5.02 Å². The number of hydrogen-bond acceptors (Lipinski definition) is 1. The monoisotopic (exact) mass is 204 g/mol. The van der Waals surface area contributed by atoms with Gasteiger partial charge in [0, 0.05) is 10.6 Å². The van der Waals surface area contributed by atoms with Crippen molar-refractivity contribution in [2.75, 3.05) is 6.61 Å². The van der Waals surface area contributed by atoms with E-state index < -0.39 is 11.6 Å². The highest BCUT2D eigenvalue weighted by Gasteiger charge is 2.06. The van der Waals surface area contributed by atoms with E-state index in [0.717, 1.165) is 12.1 Å². The van der Waals surface area contributed by atoms with Gasteiger partial charge in [0.25, 0.3) is 0 Å². The first-order valence-electron chi connectivity index (χ1n) is 3.57. The van der Waals surface area contributed by atoms with Crippen molar-refractivity contribution in [1.29, 1.82) is 0 Å². The molecule has 0 radical (unpaired) electrons. The van der Waals surface area contributed by atoms with Crippen molar-refractivity contribution in [1.82, 2.24) is 0 Å². The quantitative estimate of drug-likeness (QED) is 0.785. The van der Waals surface area contributed by atoms with Crippen LogP contribution in [0, 0.1) is 11.6 Å². The zero-order valence-electron chi connectivity index (χ0n) is 6.60. The van der Waals surface area contributed by atoms with Crippen LogP contribution >= 0.6 is 11.6 Å². The lowest BCUT2D eigenvalue weighted by Crippen LogP contribution is -1.88. The molecule has 1 aromatic carbocycles. The number of hydrogen-bond donors (Lipinski definition) is 1. The highest BCUT2D eigenvalue weighted by atomic mass is 35.5. The topological polar surface area (TPSA) is 20.2 Å². The molecule has 0 atom stereocenters. The average molecular weight is 205 g/mol. The Hall–Kier alpha value is -0.930. The second kappa shape index (κ2) is 4.35. The van der Waals surface area contributed by atoms with E-state index in [-0.39, 0.29) is 17.2 Å². The van der Waals surface area contributed by atoms with Gasteiger partial charge in [0.1, 0.15) is 11.6 Å². The number of benzene rings is 1. The van der Waals surface area contributed by atoms with Gasteiger partial charge in [-0.3, -0.25) is 0 Å². The lowest BCUT2D eigenvalue weighted by atomic mass is 10.2. The first-order chi connectivity index (χ1) is 6.15. The van der Waals surface area contributed by atoms with E-state index in [9.17, 15) is 8.78 Å². The van der Waals surface area contributed by atoms with Crippen molar-refractivity contribution in [3.05, 3.63) is 40.4 Å². The van der Waals surface area contributed by atoms with E-state index in [0.29, 0.717) is 0 Å². The first kappa shape index (κ1) is 10.2. The molecule has 0 fully saturated rings. The molecule has 0 unspecified atom stereocenters. The molecule has 0 bridgehead atoms. The molecule has 70 valence electrons. The molecule has 0 amide bonds. The molecule has 4 heteroatoms. The van der Waals surface area contributed by atoms with Crippen molar-refractivity contribution in [2.24, 2.45) is 0 Å². The molecule has 1 N–H and O–H groups in total. The maximum absolute atomic E-state index is 13.0. The van der Waals surface area contributed by atoms with Crippen LogP contribution in [-0.2, 0) is 0 Å². The SMILES string of the molecule is OCC=Cc1c(F)cc(Cl)cc1F. The minimum Gasteiger partial charge on any atom is -0.392 e. The van der Waals surface area contributed by atoms with Gasteiger partial charge in [0.2, 0.25) is 0 Å². The van der Waals surface area contributed by atoms with Crippen LogP contribution in [0.4, 0.5) is 8.78 Å². The molecule has 0 aliphatic rings. The van der Waals surface area contributed by atoms with Crippen molar-refractivity contribution >= 4 is 17.7 Å². The van der Waals surface area contributed by atoms with Gasteiger partial charge < -0.3 is 5.11 Å². The van der Waals surface area contributed by atoms with Crippen LogP contribution in [0.25, 0.3) is 6.08 Å². The molecule has 1 nitrogen and oxygen atoms in total. The molecular weight excluding hydrogens is 198 g/mol. The third-order valence-corrected chi connectivity index (χ3v) is 1.65. The lowest BCUT2D eigenvalue weighted by molar-refractivity contribution is 0.343. The summed E-state index contributed by atoms with van der Waals surface area (Å²) < 4.78 is 26.0. The van der Waals surface area contributed by atoms with E-state index in [1.165, 1.54) is 12.2 Å². The number of rotatable bonds is 2. The Labute approximate surface area is 79.3 Å². The maximum atomic E-state index is 13.0. The van der Waals surface area contributed by atoms with Crippen LogP contribution in [0.1, 0.15) is 5.56 Å². The molecule has 0 aromatic heterocycles. The largest absolute Gasteiger partial charge is 0.392 e. The minimum atomic E-state index is -0.741. The van der Waals surface area contributed by atoms with Crippen LogP contribution in [0.3, 0.4) is 0 Å². The molecule has 1 rings (SSSR count). The summed E-state index contributed by atoms with van der Waals surface area (Å²) in [5.41, 5.74) is -0.196. The maximum Gasteiger partial charge on any atom is 0.134 e. The molecule has 0 heterocycles. The molecule has 0 spiro atoms. The second-order valence-electron chi connectivity index (χ2n) is 2.37. The predicted molar refractivity (Wildman–Crippen MR) is 47.5 cm³/mol. The van der Waals surface area contributed by atoms with E-state index in [1.54, 1.807) is 0 Å². The Bertz CT molecular complexity index is 313. The zero-order chi connectivity index (χ0) is 9.84. The Kier molecular flexibility index (Phi) is 3.39. The number of aliphatic hydroxyl groups is 1. The van der Waals surface area contributed by atoms with Crippen LogP contribution in [-0.4, -0.2) is 11.7 Å².